The fraction of sp³-hybridized carbons (Fsp3) is 0.0769. The van der Waals surface area contributed by atoms with Crippen molar-refractivity contribution in [3.05, 3.63) is 107 Å². The number of nitrogens with zero attached hydrogens (tertiary/aromatic N) is 1. The minimum absolute atomic E-state index is 0.0255. The van der Waals surface area contributed by atoms with Crippen LogP contribution in [0.15, 0.2) is 72.9 Å². The summed E-state index contributed by atoms with van der Waals surface area (Å²) in [6.07, 6.45) is 4.40. The van der Waals surface area contributed by atoms with Crippen molar-refractivity contribution < 1.29 is 18.7 Å². The molecule has 0 unspecified atom stereocenters. The number of hydrogen-bond acceptors (Lipinski definition) is 2. The summed E-state index contributed by atoms with van der Waals surface area (Å²) in [5, 5.41) is 15.2. The first-order chi connectivity index (χ1) is 15.5. The predicted molar refractivity (Wildman–Crippen MR) is 122 cm³/mol. The fourth-order valence-corrected chi connectivity index (χ4v) is 3.81. The van der Waals surface area contributed by atoms with E-state index in [4.69, 9.17) is 5.11 Å². The molecule has 32 heavy (non-hydrogen) atoms. The number of carbonyl (C=O) groups is 1. The Kier molecular flexibility index (Phi) is 5.94. The predicted octanol–water partition coefficient (Wildman–Crippen LogP) is 6.31. The monoisotopic (exact) mass is 430 g/mol. The van der Waals surface area contributed by atoms with Gasteiger partial charge in [0, 0.05) is 11.6 Å². The number of halogens is 2. The van der Waals surface area contributed by atoms with E-state index in [-0.39, 0.29) is 16.5 Å². The van der Waals surface area contributed by atoms with Gasteiger partial charge in [0.15, 0.2) is 0 Å². The second kappa shape index (κ2) is 8.98. The van der Waals surface area contributed by atoms with Crippen molar-refractivity contribution in [3.8, 4) is 0 Å². The first-order valence-corrected chi connectivity index (χ1v) is 10.1. The Labute approximate surface area is 183 Å². The molecule has 160 valence electrons. The largest absolute Gasteiger partial charge is 0.478 e. The van der Waals surface area contributed by atoms with Crippen molar-refractivity contribution in [2.75, 3.05) is 0 Å². The molecule has 0 aliphatic rings. The number of aromatic amines is 1. The Balaban J connectivity index is 1.98. The SMILES string of the molecule is CCC(=C(c1ccc(C=CC(=O)O)cc1)c1cc(F)c2[nH]ncc2c1F)c1ccccc1. The van der Waals surface area contributed by atoms with E-state index in [1.165, 1.54) is 18.3 Å². The standard InChI is InChI=1S/C26H20F2N2O2/c1-2-19(17-6-4-3-5-7-17)24(18-11-8-16(9-12-18)10-13-23(31)32)20-14-22(27)26-21(25(20)28)15-29-30-26/h3-15H,2H2,1H3,(H,29,30)(H,31,32). The van der Waals surface area contributed by atoms with E-state index in [0.717, 1.165) is 17.2 Å². The van der Waals surface area contributed by atoms with Crippen LogP contribution in [0.5, 0.6) is 0 Å². The molecule has 4 aromatic rings. The molecule has 1 aromatic heterocycles. The first kappa shape index (κ1) is 21.2. The lowest BCUT2D eigenvalue weighted by Crippen LogP contribution is -2.00. The second-order valence-corrected chi connectivity index (χ2v) is 7.25. The van der Waals surface area contributed by atoms with Gasteiger partial charge in [-0.05, 0) is 46.4 Å². The highest BCUT2D eigenvalue weighted by Gasteiger charge is 2.21. The van der Waals surface area contributed by atoms with Crippen LogP contribution in [0.25, 0.3) is 28.1 Å². The summed E-state index contributed by atoms with van der Waals surface area (Å²) in [6, 6.07) is 17.8. The Morgan fingerprint density at radius 2 is 1.78 bits per heavy atom. The highest BCUT2D eigenvalue weighted by molar-refractivity contribution is 6.01. The van der Waals surface area contributed by atoms with Crippen LogP contribution in [0.3, 0.4) is 0 Å². The number of fused-ring (bicyclic) bond motifs is 1. The Hall–Kier alpha value is -4.06. The Morgan fingerprint density at radius 3 is 2.44 bits per heavy atom. The molecule has 0 saturated heterocycles. The third kappa shape index (κ3) is 4.07. The summed E-state index contributed by atoms with van der Waals surface area (Å²) in [5.74, 6) is -2.18. The van der Waals surface area contributed by atoms with Gasteiger partial charge in [0.1, 0.15) is 17.2 Å². The molecule has 0 aliphatic carbocycles. The van der Waals surface area contributed by atoms with Gasteiger partial charge in [-0.1, -0.05) is 61.5 Å². The molecular weight excluding hydrogens is 410 g/mol. The number of H-pyrrole nitrogens is 1. The van der Waals surface area contributed by atoms with Gasteiger partial charge in [-0.3, -0.25) is 5.10 Å². The molecular formula is C26H20F2N2O2. The van der Waals surface area contributed by atoms with Crippen molar-refractivity contribution in [1.82, 2.24) is 10.2 Å². The molecule has 2 N–H and O–H groups in total. The van der Waals surface area contributed by atoms with Crippen LogP contribution in [0.4, 0.5) is 8.78 Å². The van der Waals surface area contributed by atoms with Crippen LogP contribution < -0.4 is 0 Å². The average Bonchev–Trinajstić information content (AvgIpc) is 3.31. The second-order valence-electron chi connectivity index (χ2n) is 7.25. The molecule has 0 radical (unpaired) electrons. The van der Waals surface area contributed by atoms with E-state index in [0.29, 0.717) is 23.1 Å². The van der Waals surface area contributed by atoms with E-state index < -0.39 is 17.6 Å². The van der Waals surface area contributed by atoms with Crippen LogP contribution in [0.2, 0.25) is 0 Å². The van der Waals surface area contributed by atoms with Gasteiger partial charge in [-0.2, -0.15) is 5.10 Å². The number of nitrogens with one attached hydrogen (secondary N) is 1. The molecule has 6 heteroatoms. The molecule has 0 bridgehead atoms. The van der Waals surface area contributed by atoms with Crippen molar-refractivity contribution in [3.63, 3.8) is 0 Å². The quantitative estimate of drug-likeness (QED) is 0.278. The van der Waals surface area contributed by atoms with E-state index in [2.05, 4.69) is 10.2 Å². The van der Waals surface area contributed by atoms with E-state index in [1.54, 1.807) is 24.3 Å². The zero-order chi connectivity index (χ0) is 22.7. The van der Waals surface area contributed by atoms with Gasteiger partial charge in [0.2, 0.25) is 0 Å². The lowest BCUT2D eigenvalue weighted by atomic mass is 9.87. The molecule has 0 fully saturated rings. The highest BCUT2D eigenvalue weighted by Crippen LogP contribution is 2.38. The molecule has 0 spiro atoms. The molecule has 1 heterocycles. The normalized spacial score (nSPS) is 12.3. The molecule has 4 nitrogen and oxygen atoms in total. The van der Waals surface area contributed by atoms with Gasteiger partial charge in [-0.25, -0.2) is 13.6 Å². The van der Waals surface area contributed by atoms with Crippen molar-refractivity contribution in [2.45, 2.75) is 13.3 Å². The summed E-state index contributed by atoms with van der Waals surface area (Å²) in [5.41, 5.74) is 3.90. The third-order valence-corrected chi connectivity index (χ3v) is 5.29. The summed E-state index contributed by atoms with van der Waals surface area (Å²) in [4.78, 5) is 10.8. The topological polar surface area (TPSA) is 66.0 Å². The first-order valence-electron chi connectivity index (χ1n) is 10.1. The van der Waals surface area contributed by atoms with Crippen LogP contribution in [-0.2, 0) is 4.79 Å². The lowest BCUT2D eigenvalue weighted by Gasteiger charge is -2.17. The maximum atomic E-state index is 15.6. The van der Waals surface area contributed by atoms with Gasteiger partial charge in [-0.15, -0.1) is 0 Å². The third-order valence-electron chi connectivity index (χ3n) is 5.29. The maximum Gasteiger partial charge on any atom is 0.328 e. The Bertz CT molecular complexity index is 1340. The lowest BCUT2D eigenvalue weighted by molar-refractivity contribution is -0.131. The van der Waals surface area contributed by atoms with Crippen molar-refractivity contribution in [2.24, 2.45) is 0 Å². The number of allylic oxidation sites excluding steroid dienone is 1. The van der Waals surface area contributed by atoms with Crippen LogP contribution in [-0.4, -0.2) is 21.3 Å². The molecule has 3 aromatic carbocycles. The maximum absolute atomic E-state index is 15.6. The van der Waals surface area contributed by atoms with Crippen LogP contribution in [0, 0.1) is 11.6 Å². The molecule has 0 saturated carbocycles. The van der Waals surface area contributed by atoms with Gasteiger partial charge in [0.25, 0.3) is 0 Å². The number of hydrogen-bond donors (Lipinski definition) is 2. The molecule has 0 atom stereocenters. The average molecular weight is 430 g/mol. The number of aromatic nitrogens is 2. The number of aliphatic carboxylic acids is 1. The van der Waals surface area contributed by atoms with Crippen LogP contribution >= 0.6 is 0 Å². The Morgan fingerprint density at radius 1 is 1.06 bits per heavy atom. The summed E-state index contributed by atoms with van der Waals surface area (Å²) in [6.45, 7) is 1.97. The molecule has 0 amide bonds. The highest BCUT2D eigenvalue weighted by atomic mass is 19.1. The molecule has 4 rings (SSSR count). The van der Waals surface area contributed by atoms with Crippen molar-refractivity contribution in [1.29, 1.82) is 0 Å². The van der Waals surface area contributed by atoms with Gasteiger partial charge < -0.3 is 5.11 Å². The minimum atomic E-state index is -1.04. The summed E-state index contributed by atoms with van der Waals surface area (Å²) >= 11 is 0. The number of carboxylic acids is 1. The van der Waals surface area contributed by atoms with E-state index >= 15 is 4.39 Å². The summed E-state index contributed by atoms with van der Waals surface area (Å²) in [7, 11) is 0. The van der Waals surface area contributed by atoms with Crippen molar-refractivity contribution >= 4 is 34.1 Å². The number of benzene rings is 3. The van der Waals surface area contributed by atoms with E-state index in [1.807, 2.05) is 37.3 Å². The van der Waals surface area contributed by atoms with E-state index in [9.17, 15) is 9.18 Å². The van der Waals surface area contributed by atoms with Gasteiger partial charge >= 0.3 is 5.97 Å². The number of rotatable bonds is 6. The fourth-order valence-electron chi connectivity index (χ4n) is 3.81. The van der Waals surface area contributed by atoms with Crippen LogP contribution in [0.1, 0.15) is 35.6 Å². The smallest absolute Gasteiger partial charge is 0.328 e. The zero-order valence-corrected chi connectivity index (χ0v) is 17.3. The number of carboxylic acid groups (broad SMARTS) is 1. The summed E-state index contributed by atoms with van der Waals surface area (Å²) < 4.78 is 30.4. The zero-order valence-electron chi connectivity index (χ0n) is 17.3. The van der Waals surface area contributed by atoms with Gasteiger partial charge in [0.05, 0.1) is 11.6 Å². The minimum Gasteiger partial charge on any atom is -0.478 e. The molecule has 0 aliphatic heterocycles.